The molecule has 0 saturated carbocycles. The van der Waals surface area contributed by atoms with Crippen molar-refractivity contribution in [2.24, 2.45) is 0 Å². The number of nitrogens with zero attached hydrogens (tertiary/aromatic N) is 2. The molecule has 0 aliphatic rings. The lowest BCUT2D eigenvalue weighted by atomic mass is 10.2. The van der Waals surface area contributed by atoms with Gasteiger partial charge in [0.1, 0.15) is 6.54 Å². The molecular weight excluding hydrogens is 226 g/mol. The first-order valence-electron chi connectivity index (χ1n) is 6.12. The molecule has 0 spiro atoms. The van der Waals surface area contributed by atoms with Gasteiger partial charge in [-0.25, -0.2) is 0 Å². The highest BCUT2D eigenvalue weighted by atomic mass is 16.1. The van der Waals surface area contributed by atoms with Crippen molar-refractivity contribution >= 4 is 16.8 Å². The molecule has 0 bridgehead atoms. The molecule has 0 atom stereocenters. The van der Waals surface area contributed by atoms with Gasteiger partial charge in [0, 0.05) is 24.8 Å². The summed E-state index contributed by atoms with van der Waals surface area (Å²) >= 11 is 0. The number of fused-ring (bicyclic) bond motifs is 1. The van der Waals surface area contributed by atoms with Gasteiger partial charge in [0.15, 0.2) is 0 Å². The second kappa shape index (κ2) is 5.69. The van der Waals surface area contributed by atoms with Gasteiger partial charge in [-0.3, -0.25) is 4.79 Å². The Kier molecular flexibility index (Phi) is 3.99. The fraction of sp³-hybridized carbons (Fsp3) is 0.357. The number of hydrogen-bond donors (Lipinski definition) is 1. The average Bonchev–Trinajstić information content (AvgIpc) is 2.72. The summed E-state index contributed by atoms with van der Waals surface area (Å²) < 4.78 is 1.97. The Morgan fingerprint density at radius 3 is 2.83 bits per heavy atom. The van der Waals surface area contributed by atoms with Crippen LogP contribution in [0.3, 0.4) is 0 Å². The van der Waals surface area contributed by atoms with E-state index in [1.807, 2.05) is 54.0 Å². The Hall–Kier alpha value is -1.81. The van der Waals surface area contributed by atoms with Crippen LogP contribution in [0, 0.1) is 0 Å². The summed E-state index contributed by atoms with van der Waals surface area (Å²) in [6, 6.07) is 10.1. The van der Waals surface area contributed by atoms with E-state index in [9.17, 15) is 4.79 Å². The molecule has 18 heavy (non-hydrogen) atoms. The third kappa shape index (κ3) is 3.11. The van der Waals surface area contributed by atoms with Crippen LogP contribution < -0.4 is 5.32 Å². The van der Waals surface area contributed by atoms with Crippen LogP contribution in [0.1, 0.15) is 0 Å². The molecule has 0 aliphatic carbocycles. The standard InChI is InChI=1S/C14H19N3O/c1-16(2)10-8-15-14(18)11-17-9-7-12-5-3-4-6-13(12)17/h3-7,9H,8,10-11H2,1-2H3,(H,15,18). The molecule has 1 amide bonds. The molecule has 1 N–H and O–H groups in total. The minimum Gasteiger partial charge on any atom is -0.353 e. The number of para-hydroxylation sites is 1. The number of carbonyl (C=O) groups excluding carboxylic acids is 1. The van der Waals surface area contributed by atoms with E-state index in [1.54, 1.807) is 0 Å². The van der Waals surface area contributed by atoms with E-state index in [1.165, 1.54) is 5.39 Å². The normalized spacial score (nSPS) is 11.1. The predicted molar refractivity (Wildman–Crippen MR) is 73.5 cm³/mol. The van der Waals surface area contributed by atoms with Crippen LogP contribution in [0.25, 0.3) is 10.9 Å². The maximum Gasteiger partial charge on any atom is 0.239 e. The predicted octanol–water partition coefficient (Wildman–Crippen LogP) is 1.32. The van der Waals surface area contributed by atoms with Gasteiger partial charge in [-0.15, -0.1) is 0 Å². The summed E-state index contributed by atoms with van der Waals surface area (Å²) in [4.78, 5) is 13.8. The van der Waals surface area contributed by atoms with Crippen molar-refractivity contribution in [2.45, 2.75) is 6.54 Å². The number of rotatable bonds is 5. The fourth-order valence-corrected chi connectivity index (χ4v) is 1.91. The van der Waals surface area contributed by atoms with Gasteiger partial charge in [-0.2, -0.15) is 0 Å². The summed E-state index contributed by atoms with van der Waals surface area (Å²) in [7, 11) is 3.98. The van der Waals surface area contributed by atoms with Crippen LogP contribution >= 0.6 is 0 Å². The van der Waals surface area contributed by atoms with Gasteiger partial charge in [-0.1, -0.05) is 18.2 Å². The number of benzene rings is 1. The van der Waals surface area contributed by atoms with E-state index >= 15 is 0 Å². The molecule has 0 radical (unpaired) electrons. The summed E-state index contributed by atoms with van der Waals surface area (Å²) in [6.45, 7) is 1.92. The monoisotopic (exact) mass is 245 g/mol. The van der Waals surface area contributed by atoms with Gasteiger partial charge in [0.05, 0.1) is 0 Å². The van der Waals surface area contributed by atoms with Crippen molar-refractivity contribution in [2.75, 3.05) is 27.2 Å². The molecule has 96 valence electrons. The minimum absolute atomic E-state index is 0.0539. The van der Waals surface area contributed by atoms with Crippen molar-refractivity contribution in [3.8, 4) is 0 Å². The molecule has 1 aromatic carbocycles. The van der Waals surface area contributed by atoms with E-state index in [2.05, 4.69) is 11.4 Å². The lowest BCUT2D eigenvalue weighted by Gasteiger charge is -2.11. The third-order valence-corrected chi connectivity index (χ3v) is 2.88. The highest BCUT2D eigenvalue weighted by Gasteiger charge is 2.05. The zero-order chi connectivity index (χ0) is 13.0. The molecule has 4 nitrogen and oxygen atoms in total. The molecule has 0 unspecified atom stereocenters. The Bertz CT molecular complexity index is 531. The van der Waals surface area contributed by atoms with Gasteiger partial charge in [0.2, 0.25) is 5.91 Å². The van der Waals surface area contributed by atoms with Crippen molar-refractivity contribution in [1.82, 2.24) is 14.8 Å². The van der Waals surface area contributed by atoms with E-state index in [4.69, 9.17) is 0 Å². The molecular formula is C14H19N3O. The maximum atomic E-state index is 11.8. The molecule has 1 heterocycles. The van der Waals surface area contributed by atoms with E-state index < -0.39 is 0 Å². The SMILES string of the molecule is CN(C)CCNC(=O)Cn1ccc2ccccc21. The first kappa shape index (κ1) is 12.6. The average molecular weight is 245 g/mol. The van der Waals surface area contributed by atoms with Gasteiger partial charge >= 0.3 is 0 Å². The largest absolute Gasteiger partial charge is 0.353 e. The molecule has 0 saturated heterocycles. The summed E-state index contributed by atoms with van der Waals surface area (Å²) in [6.07, 6.45) is 1.95. The Balaban J connectivity index is 1.95. The Labute approximate surface area is 107 Å². The van der Waals surface area contributed by atoms with Crippen LogP contribution in [0.15, 0.2) is 36.5 Å². The molecule has 0 aliphatic heterocycles. The highest BCUT2D eigenvalue weighted by Crippen LogP contribution is 2.14. The number of carbonyl (C=O) groups is 1. The molecule has 1 aromatic heterocycles. The zero-order valence-electron chi connectivity index (χ0n) is 10.9. The zero-order valence-corrected chi connectivity index (χ0v) is 10.9. The lowest BCUT2D eigenvalue weighted by molar-refractivity contribution is -0.121. The lowest BCUT2D eigenvalue weighted by Crippen LogP contribution is -2.33. The fourth-order valence-electron chi connectivity index (χ4n) is 1.91. The number of amides is 1. The highest BCUT2D eigenvalue weighted by molar-refractivity contribution is 5.83. The Morgan fingerprint density at radius 1 is 1.28 bits per heavy atom. The molecule has 2 aromatic rings. The van der Waals surface area contributed by atoms with Crippen molar-refractivity contribution in [3.05, 3.63) is 36.5 Å². The van der Waals surface area contributed by atoms with Crippen molar-refractivity contribution in [3.63, 3.8) is 0 Å². The van der Waals surface area contributed by atoms with Crippen LogP contribution in [-0.4, -0.2) is 42.6 Å². The van der Waals surface area contributed by atoms with Gasteiger partial charge in [0.25, 0.3) is 0 Å². The quantitative estimate of drug-likeness (QED) is 0.862. The second-order valence-corrected chi connectivity index (χ2v) is 4.66. The Morgan fingerprint density at radius 2 is 2.06 bits per heavy atom. The van der Waals surface area contributed by atoms with E-state index in [0.29, 0.717) is 13.1 Å². The summed E-state index contributed by atoms with van der Waals surface area (Å²) in [5, 5.41) is 4.08. The van der Waals surface area contributed by atoms with E-state index in [-0.39, 0.29) is 5.91 Å². The molecule has 0 fully saturated rings. The smallest absolute Gasteiger partial charge is 0.239 e. The van der Waals surface area contributed by atoms with Crippen molar-refractivity contribution < 1.29 is 4.79 Å². The number of nitrogens with one attached hydrogen (secondary N) is 1. The minimum atomic E-state index is 0.0539. The number of aromatic nitrogens is 1. The first-order valence-corrected chi connectivity index (χ1v) is 6.12. The number of hydrogen-bond acceptors (Lipinski definition) is 2. The van der Waals surface area contributed by atoms with Gasteiger partial charge < -0.3 is 14.8 Å². The number of likely N-dealkylation sites (N-methyl/N-ethyl adjacent to an activating group) is 1. The van der Waals surface area contributed by atoms with Crippen LogP contribution in [0.2, 0.25) is 0 Å². The third-order valence-electron chi connectivity index (χ3n) is 2.88. The van der Waals surface area contributed by atoms with Crippen molar-refractivity contribution in [1.29, 1.82) is 0 Å². The summed E-state index contributed by atoms with van der Waals surface area (Å²) in [5.41, 5.74) is 1.10. The topological polar surface area (TPSA) is 37.3 Å². The molecule has 4 heteroatoms. The van der Waals surface area contributed by atoms with Crippen LogP contribution in [-0.2, 0) is 11.3 Å². The summed E-state index contributed by atoms with van der Waals surface area (Å²) in [5.74, 6) is 0.0539. The molecule has 2 rings (SSSR count). The second-order valence-electron chi connectivity index (χ2n) is 4.66. The van der Waals surface area contributed by atoms with E-state index in [0.717, 1.165) is 12.1 Å². The maximum absolute atomic E-state index is 11.8. The first-order chi connectivity index (χ1) is 8.66. The van der Waals surface area contributed by atoms with Gasteiger partial charge in [-0.05, 0) is 31.6 Å². The van der Waals surface area contributed by atoms with Crippen LogP contribution in [0.5, 0.6) is 0 Å². The van der Waals surface area contributed by atoms with Crippen LogP contribution in [0.4, 0.5) is 0 Å².